The van der Waals surface area contributed by atoms with Crippen molar-refractivity contribution in [1.29, 1.82) is 0 Å². The third kappa shape index (κ3) is 3.55. The highest BCUT2D eigenvalue weighted by molar-refractivity contribution is 6.98. The van der Waals surface area contributed by atoms with Gasteiger partial charge in [0.2, 0.25) is 0 Å². The van der Waals surface area contributed by atoms with E-state index >= 15 is 0 Å². The second-order valence-corrected chi connectivity index (χ2v) is 11.6. The van der Waals surface area contributed by atoms with E-state index in [2.05, 4.69) is 120 Å². The maximum absolute atomic E-state index is 6.77. The molecule has 3 heterocycles. The van der Waals surface area contributed by atoms with Crippen molar-refractivity contribution in [3.8, 4) is 45.6 Å². The van der Waals surface area contributed by atoms with Gasteiger partial charge >= 0.3 is 0 Å². The number of hydrogen-bond acceptors (Lipinski definition) is 4. The van der Waals surface area contributed by atoms with Gasteiger partial charge in [-0.15, -0.1) is 0 Å². The summed E-state index contributed by atoms with van der Waals surface area (Å²) in [4.78, 5) is 2.31. The number of hydrogen-bond donors (Lipinski definition) is 0. The summed E-state index contributed by atoms with van der Waals surface area (Å²) in [5, 5.41) is 2.21. The Morgan fingerprint density at radius 3 is 1.82 bits per heavy atom. The lowest BCUT2D eigenvalue weighted by molar-refractivity contribution is 0.461. The molecule has 0 spiro atoms. The highest BCUT2D eigenvalue weighted by Crippen LogP contribution is 2.51. The first-order valence-electron chi connectivity index (χ1n) is 15.2. The highest BCUT2D eigenvalue weighted by atomic mass is 16.5. The van der Waals surface area contributed by atoms with Crippen LogP contribution in [0.3, 0.4) is 0 Å². The number of anilines is 3. The summed E-state index contributed by atoms with van der Waals surface area (Å²) in [6.45, 7) is -0.0105. The molecule has 45 heavy (non-hydrogen) atoms. The average molecular weight is 577 g/mol. The van der Waals surface area contributed by atoms with E-state index in [0.29, 0.717) is 0 Å². The van der Waals surface area contributed by atoms with Crippen LogP contribution in [0.2, 0.25) is 0 Å². The Morgan fingerprint density at radius 1 is 0.422 bits per heavy atom. The maximum Gasteiger partial charge on any atom is 0.260 e. The second kappa shape index (κ2) is 9.28. The van der Waals surface area contributed by atoms with Crippen LogP contribution in [0.4, 0.5) is 17.1 Å². The molecule has 0 saturated carbocycles. The Balaban J connectivity index is 1.18. The van der Waals surface area contributed by atoms with Crippen LogP contribution in [0.25, 0.3) is 21.9 Å². The molecule has 0 aliphatic carbocycles. The van der Waals surface area contributed by atoms with Crippen LogP contribution in [0.15, 0.2) is 146 Å². The second-order valence-electron chi connectivity index (χ2n) is 11.6. The topological polar surface area (TPSA) is 30.9 Å². The third-order valence-electron chi connectivity index (χ3n) is 9.17. The fourth-order valence-electron chi connectivity index (χ4n) is 7.26. The molecule has 0 aromatic heterocycles. The lowest BCUT2D eigenvalue weighted by atomic mass is 9.35. The van der Waals surface area contributed by atoms with E-state index in [9.17, 15) is 0 Å². The van der Waals surface area contributed by atoms with Crippen LogP contribution in [0.5, 0.6) is 34.5 Å². The Kier molecular flexibility index (Phi) is 5.05. The summed E-state index contributed by atoms with van der Waals surface area (Å²) in [5.74, 6) is 5.07. The third-order valence-corrected chi connectivity index (χ3v) is 9.17. The van der Waals surface area contributed by atoms with Crippen molar-refractivity contribution in [2.75, 3.05) is 4.90 Å². The molecule has 0 fully saturated rings. The molecule has 7 aromatic rings. The fourth-order valence-corrected chi connectivity index (χ4v) is 7.26. The van der Waals surface area contributed by atoms with Gasteiger partial charge in [0.1, 0.15) is 34.5 Å². The quantitative estimate of drug-likeness (QED) is 0.197. The Morgan fingerprint density at radius 2 is 1.04 bits per heavy atom. The molecule has 210 valence electrons. The smallest absolute Gasteiger partial charge is 0.260 e. The first-order valence-corrected chi connectivity index (χ1v) is 15.2. The molecule has 5 heteroatoms. The monoisotopic (exact) mass is 577 g/mol. The van der Waals surface area contributed by atoms with Crippen molar-refractivity contribution in [1.82, 2.24) is 0 Å². The molecule has 0 radical (unpaired) electrons. The maximum atomic E-state index is 6.77. The average Bonchev–Trinajstić information content (AvgIpc) is 3.09. The fraction of sp³-hybridized carbons (Fsp3) is 0. The summed E-state index contributed by atoms with van der Waals surface area (Å²) < 4.78 is 19.7. The van der Waals surface area contributed by atoms with Gasteiger partial charge in [0, 0.05) is 33.2 Å². The van der Waals surface area contributed by atoms with Crippen LogP contribution in [0.1, 0.15) is 0 Å². The molecule has 4 nitrogen and oxygen atoms in total. The van der Waals surface area contributed by atoms with Crippen molar-refractivity contribution in [3.05, 3.63) is 146 Å². The molecular weight excluding hydrogens is 553 g/mol. The van der Waals surface area contributed by atoms with Gasteiger partial charge in [0.05, 0.1) is 5.69 Å². The van der Waals surface area contributed by atoms with Crippen molar-refractivity contribution < 1.29 is 14.2 Å². The molecule has 7 aromatic carbocycles. The molecule has 0 atom stereocenters. The Bertz CT molecular complexity index is 2280. The predicted molar refractivity (Wildman–Crippen MR) is 182 cm³/mol. The molecule has 0 amide bonds. The zero-order valence-electron chi connectivity index (χ0n) is 24.1. The molecule has 10 rings (SSSR count). The molecule has 3 aliphatic heterocycles. The molecule has 0 unspecified atom stereocenters. The van der Waals surface area contributed by atoms with E-state index < -0.39 is 0 Å². The number of nitrogens with zero attached hydrogens (tertiary/aromatic N) is 1. The standard InChI is InChI=1S/C40H24BNO3/c1-3-11-25(12-4-1)42(26-13-5-2-6-14-26)32-22-21-27-29-23-38-31(24-37(29)44-34-18-9-15-28(32)39(27)34)41-30-16-7-8-17-33(30)43-35-19-10-20-36(45-38)40(35)41/h1-24H. The Hall–Kier alpha value is -5.94. The number of benzene rings is 7. The van der Waals surface area contributed by atoms with Gasteiger partial charge in [0.15, 0.2) is 0 Å². The number of fused-ring (bicyclic) bond motifs is 6. The first-order chi connectivity index (χ1) is 22.3. The van der Waals surface area contributed by atoms with Crippen LogP contribution < -0.4 is 35.5 Å². The van der Waals surface area contributed by atoms with Crippen LogP contribution in [-0.2, 0) is 0 Å². The number of rotatable bonds is 3. The van der Waals surface area contributed by atoms with Gasteiger partial charge in [-0.25, -0.2) is 0 Å². The van der Waals surface area contributed by atoms with Crippen molar-refractivity contribution >= 4 is 50.9 Å². The van der Waals surface area contributed by atoms with Gasteiger partial charge < -0.3 is 19.1 Å². The Labute approximate surface area is 260 Å². The van der Waals surface area contributed by atoms with Gasteiger partial charge in [0.25, 0.3) is 6.71 Å². The van der Waals surface area contributed by atoms with E-state index in [4.69, 9.17) is 14.2 Å². The summed E-state index contributed by atoms with van der Waals surface area (Å²) >= 11 is 0. The van der Waals surface area contributed by atoms with Crippen LogP contribution >= 0.6 is 0 Å². The molecule has 3 aliphatic rings. The van der Waals surface area contributed by atoms with Crippen molar-refractivity contribution in [2.24, 2.45) is 0 Å². The zero-order valence-corrected chi connectivity index (χ0v) is 24.1. The molecular formula is C40H24BNO3. The number of para-hydroxylation sites is 3. The van der Waals surface area contributed by atoms with E-state index in [1.54, 1.807) is 0 Å². The first kappa shape index (κ1) is 24.5. The van der Waals surface area contributed by atoms with Gasteiger partial charge in [-0.3, -0.25) is 0 Å². The van der Waals surface area contributed by atoms with E-state index in [0.717, 1.165) is 89.8 Å². The SMILES string of the molecule is c1ccc(N(c2ccccc2)c2ccc3c4c(cccc24)Oc2cc4c(cc2-3)Oc2cccc3c2B4c2ccccc2O3)cc1. The highest BCUT2D eigenvalue weighted by Gasteiger charge is 2.41. The predicted octanol–water partition coefficient (Wildman–Crippen LogP) is 8.81. The van der Waals surface area contributed by atoms with Crippen molar-refractivity contribution in [3.63, 3.8) is 0 Å². The van der Waals surface area contributed by atoms with Crippen LogP contribution in [0, 0.1) is 0 Å². The lowest BCUT2D eigenvalue weighted by Gasteiger charge is -2.34. The summed E-state index contributed by atoms with van der Waals surface area (Å²) in [7, 11) is 0. The minimum atomic E-state index is -0.0105. The van der Waals surface area contributed by atoms with Gasteiger partial charge in [-0.2, -0.15) is 0 Å². The number of ether oxygens (including phenoxy) is 3. The minimum absolute atomic E-state index is 0.0105. The molecule has 0 bridgehead atoms. The van der Waals surface area contributed by atoms with E-state index in [1.165, 1.54) is 0 Å². The normalized spacial score (nSPS) is 12.9. The molecule has 0 N–H and O–H groups in total. The van der Waals surface area contributed by atoms with E-state index in [1.807, 2.05) is 30.3 Å². The van der Waals surface area contributed by atoms with Crippen LogP contribution in [-0.4, -0.2) is 6.71 Å². The lowest BCUT2D eigenvalue weighted by Crippen LogP contribution is -2.57. The largest absolute Gasteiger partial charge is 0.458 e. The summed E-state index contributed by atoms with van der Waals surface area (Å²) in [6.07, 6.45) is 0. The minimum Gasteiger partial charge on any atom is -0.458 e. The zero-order chi connectivity index (χ0) is 29.5. The van der Waals surface area contributed by atoms with E-state index in [-0.39, 0.29) is 6.71 Å². The molecule has 0 saturated heterocycles. The summed E-state index contributed by atoms with van der Waals surface area (Å²) in [5.41, 5.74) is 8.71. The summed E-state index contributed by atoms with van der Waals surface area (Å²) in [6, 6.07) is 50.5. The van der Waals surface area contributed by atoms with Gasteiger partial charge in [-0.1, -0.05) is 78.9 Å². The van der Waals surface area contributed by atoms with Gasteiger partial charge in [-0.05, 0) is 83.2 Å². The van der Waals surface area contributed by atoms with Crippen molar-refractivity contribution in [2.45, 2.75) is 0 Å².